The molecule has 1 aromatic carbocycles. The first-order valence-corrected chi connectivity index (χ1v) is 7.01. The number of rotatable bonds is 4. The maximum absolute atomic E-state index is 10.5. The molecule has 108 valence electrons. The van der Waals surface area contributed by atoms with E-state index >= 15 is 0 Å². The molecule has 1 aliphatic rings. The van der Waals surface area contributed by atoms with Gasteiger partial charge < -0.3 is 9.84 Å². The van der Waals surface area contributed by atoms with Gasteiger partial charge in [0, 0.05) is 39.1 Å². The fourth-order valence-corrected chi connectivity index (χ4v) is 2.70. The number of aliphatic hydroxyl groups is 1. The summed E-state index contributed by atoms with van der Waals surface area (Å²) in [4.78, 5) is 2.14. The quantitative estimate of drug-likeness (QED) is 0.910. The van der Waals surface area contributed by atoms with Gasteiger partial charge in [-0.3, -0.25) is 4.90 Å². The molecule has 0 atom stereocenters. The molecule has 4 nitrogen and oxygen atoms in total. The van der Waals surface area contributed by atoms with E-state index in [1.807, 2.05) is 32.2 Å². The third-order valence-electron chi connectivity index (χ3n) is 3.90. The van der Waals surface area contributed by atoms with Crippen molar-refractivity contribution in [1.82, 2.24) is 4.90 Å². The third-order valence-corrected chi connectivity index (χ3v) is 3.90. The van der Waals surface area contributed by atoms with Gasteiger partial charge in [-0.1, -0.05) is 6.07 Å². The second-order valence-electron chi connectivity index (χ2n) is 5.76. The molecule has 4 heteroatoms. The summed E-state index contributed by atoms with van der Waals surface area (Å²) in [7, 11) is 2.02. The Bertz CT molecular complexity index is 502. The first kappa shape index (κ1) is 15.0. The average Bonchev–Trinajstić information content (AvgIpc) is 2.41. The highest BCUT2D eigenvalue weighted by Gasteiger charge is 2.30. The lowest BCUT2D eigenvalue weighted by Crippen LogP contribution is -2.45. The molecule has 0 saturated carbocycles. The highest BCUT2D eigenvalue weighted by atomic mass is 16.5. The highest BCUT2D eigenvalue weighted by Crippen LogP contribution is 2.22. The molecule has 1 heterocycles. The summed E-state index contributed by atoms with van der Waals surface area (Å²) in [6.07, 6.45) is 1.40. The monoisotopic (exact) mass is 274 g/mol. The van der Waals surface area contributed by atoms with Gasteiger partial charge in [-0.05, 0) is 37.2 Å². The van der Waals surface area contributed by atoms with Gasteiger partial charge in [0.2, 0.25) is 0 Å². The zero-order chi connectivity index (χ0) is 14.6. The van der Waals surface area contributed by atoms with E-state index in [-0.39, 0.29) is 0 Å². The molecule has 0 bridgehead atoms. The van der Waals surface area contributed by atoms with E-state index in [0.717, 1.165) is 12.1 Å². The fraction of sp³-hybridized carbons (Fsp3) is 0.562. The van der Waals surface area contributed by atoms with Crippen molar-refractivity contribution in [2.24, 2.45) is 0 Å². The van der Waals surface area contributed by atoms with E-state index in [4.69, 9.17) is 10.00 Å². The van der Waals surface area contributed by atoms with E-state index < -0.39 is 5.60 Å². The van der Waals surface area contributed by atoms with Crippen molar-refractivity contribution >= 4 is 0 Å². The van der Waals surface area contributed by atoms with E-state index in [9.17, 15) is 5.11 Å². The second kappa shape index (κ2) is 6.36. The summed E-state index contributed by atoms with van der Waals surface area (Å²) in [6, 6.07) is 7.91. The summed E-state index contributed by atoms with van der Waals surface area (Å²) in [6.45, 7) is 4.73. The zero-order valence-corrected chi connectivity index (χ0v) is 12.2. The van der Waals surface area contributed by atoms with Gasteiger partial charge in [0.25, 0.3) is 0 Å². The number of nitriles is 1. The number of aryl methyl sites for hydroxylation is 1. The lowest BCUT2D eigenvalue weighted by molar-refractivity contribution is -0.0777. The highest BCUT2D eigenvalue weighted by molar-refractivity contribution is 5.37. The Morgan fingerprint density at radius 3 is 2.70 bits per heavy atom. The molecule has 1 fully saturated rings. The first-order chi connectivity index (χ1) is 9.52. The van der Waals surface area contributed by atoms with E-state index in [2.05, 4.69) is 11.0 Å². The molecule has 0 spiro atoms. The van der Waals surface area contributed by atoms with Gasteiger partial charge >= 0.3 is 0 Å². The minimum absolute atomic E-state index is 0.631. The van der Waals surface area contributed by atoms with Crippen LogP contribution >= 0.6 is 0 Å². The maximum atomic E-state index is 10.5. The summed E-state index contributed by atoms with van der Waals surface area (Å²) >= 11 is 0. The van der Waals surface area contributed by atoms with E-state index in [0.29, 0.717) is 38.2 Å². The molecule has 1 aliphatic heterocycles. The molecular formula is C16H22N2O2. The summed E-state index contributed by atoms with van der Waals surface area (Å²) in [5, 5.41) is 19.4. The summed E-state index contributed by atoms with van der Waals surface area (Å²) in [5.41, 5.74) is 2.38. The van der Waals surface area contributed by atoms with Crippen LogP contribution in [0.25, 0.3) is 0 Å². The molecule has 0 radical (unpaired) electrons. The smallest absolute Gasteiger partial charge is 0.0991 e. The molecule has 0 amide bonds. The first-order valence-electron chi connectivity index (χ1n) is 7.01. The van der Waals surface area contributed by atoms with Crippen molar-refractivity contribution in [1.29, 1.82) is 5.26 Å². The number of benzene rings is 1. The van der Waals surface area contributed by atoms with Crippen molar-refractivity contribution in [3.63, 3.8) is 0 Å². The van der Waals surface area contributed by atoms with Crippen LogP contribution in [0.1, 0.15) is 29.5 Å². The Hall–Kier alpha value is -1.41. The number of hydrogen-bond acceptors (Lipinski definition) is 4. The molecule has 0 aromatic heterocycles. The lowest BCUT2D eigenvalue weighted by atomic mass is 9.93. The molecule has 1 aromatic rings. The zero-order valence-electron chi connectivity index (χ0n) is 12.2. The number of likely N-dealkylation sites (N-methyl/N-ethyl adjacent to an activating group) is 1. The van der Waals surface area contributed by atoms with Gasteiger partial charge in [0.05, 0.1) is 17.2 Å². The van der Waals surface area contributed by atoms with Crippen LogP contribution in [-0.2, 0) is 11.3 Å². The van der Waals surface area contributed by atoms with Crippen molar-refractivity contribution in [2.45, 2.75) is 31.9 Å². The van der Waals surface area contributed by atoms with Crippen LogP contribution in [0, 0.1) is 18.3 Å². The van der Waals surface area contributed by atoms with Crippen molar-refractivity contribution in [2.75, 3.05) is 26.8 Å². The van der Waals surface area contributed by atoms with E-state index in [1.54, 1.807) is 0 Å². The van der Waals surface area contributed by atoms with Crippen LogP contribution < -0.4 is 0 Å². The van der Waals surface area contributed by atoms with Gasteiger partial charge in [-0.25, -0.2) is 0 Å². The van der Waals surface area contributed by atoms with Gasteiger partial charge in [0.15, 0.2) is 0 Å². The van der Waals surface area contributed by atoms with Crippen LogP contribution in [-0.4, -0.2) is 42.4 Å². The average molecular weight is 274 g/mol. The van der Waals surface area contributed by atoms with Gasteiger partial charge in [-0.2, -0.15) is 5.26 Å². The Kier molecular flexibility index (Phi) is 4.77. The fourth-order valence-electron chi connectivity index (χ4n) is 2.70. The van der Waals surface area contributed by atoms with Crippen LogP contribution in [0.15, 0.2) is 18.2 Å². The van der Waals surface area contributed by atoms with Crippen molar-refractivity contribution in [3.05, 3.63) is 34.9 Å². The molecule has 0 unspecified atom stereocenters. The SMILES string of the molecule is Cc1cc(C#N)ccc1CN(C)CC1(O)CCOCC1. The van der Waals surface area contributed by atoms with Crippen LogP contribution in [0.5, 0.6) is 0 Å². The largest absolute Gasteiger partial charge is 0.388 e. The Balaban J connectivity index is 1.97. The Labute approximate surface area is 120 Å². The number of ether oxygens (including phenoxy) is 1. The number of hydrogen-bond donors (Lipinski definition) is 1. The standard InChI is InChI=1S/C16H22N2O2/c1-13-9-14(10-17)3-4-15(13)11-18(2)12-16(19)5-7-20-8-6-16/h3-4,9,19H,5-8,11-12H2,1-2H3. The lowest BCUT2D eigenvalue weighted by Gasteiger charge is -2.35. The molecule has 0 aliphatic carbocycles. The van der Waals surface area contributed by atoms with Crippen LogP contribution in [0.4, 0.5) is 0 Å². The van der Waals surface area contributed by atoms with E-state index in [1.165, 1.54) is 5.56 Å². The molecule has 2 rings (SSSR count). The molecular weight excluding hydrogens is 252 g/mol. The van der Waals surface area contributed by atoms with Crippen LogP contribution in [0.3, 0.4) is 0 Å². The Morgan fingerprint density at radius 1 is 1.40 bits per heavy atom. The predicted octanol–water partition coefficient (Wildman–Crippen LogP) is 1.84. The molecule has 20 heavy (non-hydrogen) atoms. The molecule has 1 saturated heterocycles. The third kappa shape index (κ3) is 3.80. The maximum Gasteiger partial charge on any atom is 0.0991 e. The van der Waals surface area contributed by atoms with Crippen LogP contribution in [0.2, 0.25) is 0 Å². The summed E-state index contributed by atoms with van der Waals surface area (Å²) in [5.74, 6) is 0. The number of nitrogens with zero attached hydrogens (tertiary/aromatic N) is 2. The van der Waals surface area contributed by atoms with Gasteiger partial charge in [0.1, 0.15) is 0 Å². The van der Waals surface area contributed by atoms with Crippen molar-refractivity contribution in [3.8, 4) is 6.07 Å². The minimum atomic E-state index is -0.631. The molecule has 1 N–H and O–H groups in total. The van der Waals surface area contributed by atoms with Gasteiger partial charge in [-0.15, -0.1) is 0 Å². The minimum Gasteiger partial charge on any atom is -0.388 e. The predicted molar refractivity (Wildman–Crippen MR) is 77.2 cm³/mol. The summed E-state index contributed by atoms with van der Waals surface area (Å²) < 4.78 is 5.30. The topological polar surface area (TPSA) is 56.5 Å². The van der Waals surface area contributed by atoms with Crippen molar-refractivity contribution < 1.29 is 9.84 Å². The normalized spacial score (nSPS) is 17.9. The second-order valence-corrected chi connectivity index (χ2v) is 5.76. The Morgan fingerprint density at radius 2 is 2.10 bits per heavy atom.